The van der Waals surface area contributed by atoms with Crippen LogP contribution in [-0.2, 0) is 9.53 Å². The molecule has 0 saturated heterocycles. The first-order valence-electron chi connectivity index (χ1n) is 5.50. The minimum Gasteiger partial charge on any atom is -0.481 e. The average molecular weight is 269 g/mol. The number of rotatable bonds is 6. The number of carbonyl (C=O) groups is 1. The van der Waals surface area contributed by atoms with Crippen molar-refractivity contribution < 1.29 is 19.2 Å². The van der Waals surface area contributed by atoms with E-state index < -0.39 is 16.8 Å². The molecule has 0 bridgehead atoms. The highest BCUT2D eigenvalue weighted by Gasteiger charge is 2.19. The van der Waals surface area contributed by atoms with Crippen LogP contribution < -0.4 is 10.1 Å². The van der Waals surface area contributed by atoms with Crippen molar-refractivity contribution >= 4 is 17.5 Å². The molecule has 1 rings (SSSR count). The van der Waals surface area contributed by atoms with E-state index in [1.54, 1.807) is 6.92 Å². The van der Waals surface area contributed by atoms with E-state index in [2.05, 4.69) is 15.0 Å². The molecule has 0 aliphatic carbocycles. The third-order valence-electron chi connectivity index (χ3n) is 2.43. The summed E-state index contributed by atoms with van der Waals surface area (Å²) in [6.45, 7) is 1.82. The van der Waals surface area contributed by atoms with Crippen LogP contribution in [-0.4, -0.2) is 36.6 Å². The lowest BCUT2D eigenvalue weighted by Crippen LogP contribution is -2.22. The second kappa shape index (κ2) is 6.53. The van der Waals surface area contributed by atoms with Crippen LogP contribution in [0.15, 0.2) is 12.1 Å². The van der Waals surface area contributed by atoms with E-state index in [4.69, 9.17) is 4.74 Å². The lowest BCUT2D eigenvalue weighted by Gasteiger charge is -2.11. The zero-order valence-corrected chi connectivity index (χ0v) is 10.9. The second-order valence-corrected chi connectivity index (χ2v) is 3.78. The molecule has 0 fully saturated rings. The highest BCUT2D eigenvalue weighted by molar-refractivity contribution is 5.72. The normalized spacial score (nSPS) is 11.5. The van der Waals surface area contributed by atoms with Gasteiger partial charge < -0.3 is 14.8 Å². The van der Waals surface area contributed by atoms with Crippen LogP contribution in [0.2, 0.25) is 0 Å². The quantitative estimate of drug-likeness (QED) is 0.470. The van der Waals surface area contributed by atoms with Gasteiger partial charge >= 0.3 is 11.7 Å². The Kier molecular flexibility index (Phi) is 5.04. The summed E-state index contributed by atoms with van der Waals surface area (Å²) >= 11 is 0. The van der Waals surface area contributed by atoms with Gasteiger partial charge in [-0.3, -0.25) is 14.9 Å². The monoisotopic (exact) mass is 269 g/mol. The van der Waals surface area contributed by atoms with Crippen molar-refractivity contribution in [3.05, 3.63) is 22.2 Å². The van der Waals surface area contributed by atoms with Gasteiger partial charge in [0, 0.05) is 18.7 Å². The summed E-state index contributed by atoms with van der Waals surface area (Å²) in [6.07, 6.45) is 0. The van der Waals surface area contributed by atoms with Crippen molar-refractivity contribution in [1.29, 1.82) is 0 Å². The van der Waals surface area contributed by atoms with Crippen LogP contribution in [0.3, 0.4) is 0 Å². The van der Waals surface area contributed by atoms with E-state index in [0.29, 0.717) is 0 Å². The SMILES string of the molecule is COC(=O)[C@H](C)CNc1nc(OC)ccc1[N+](=O)[O-]. The molecule has 8 heteroatoms. The number of nitrogens with one attached hydrogen (secondary N) is 1. The van der Waals surface area contributed by atoms with Gasteiger partial charge in [-0.05, 0) is 0 Å². The molecule has 1 atom stereocenters. The number of nitrogens with zero attached hydrogens (tertiary/aromatic N) is 2. The zero-order valence-electron chi connectivity index (χ0n) is 10.9. The van der Waals surface area contributed by atoms with Gasteiger partial charge in [-0.1, -0.05) is 6.92 Å². The van der Waals surface area contributed by atoms with Crippen molar-refractivity contribution in [3.63, 3.8) is 0 Å². The maximum Gasteiger partial charge on any atom is 0.311 e. The molecule has 0 unspecified atom stereocenters. The van der Waals surface area contributed by atoms with Crippen molar-refractivity contribution in [2.45, 2.75) is 6.92 Å². The van der Waals surface area contributed by atoms with Crippen LogP contribution in [0, 0.1) is 16.0 Å². The molecule has 8 nitrogen and oxygen atoms in total. The molecule has 0 aliphatic heterocycles. The summed E-state index contributed by atoms with van der Waals surface area (Å²) in [6, 6.07) is 2.68. The first kappa shape index (κ1) is 14.7. The lowest BCUT2D eigenvalue weighted by atomic mass is 10.2. The smallest absolute Gasteiger partial charge is 0.311 e. The van der Waals surface area contributed by atoms with E-state index >= 15 is 0 Å². The molecule has 1 aromatic rings. The van der Waals surface area contributed by atoms with Gasteiger partial charge in [0.1, 0.15) is 0 Å². The third kappa shape index (κ3) is 3.80. The van der Waals surface area contributed by atoms with Crippen molar-refractivity contribution in [2.75, 3.05) is 26.1 Å². The molecule has 0 aromatic carbocycles. The topological polar surface area (TPSA) is 104 Å². The van der Waals surface area contributed by atoms with Gasteiger partial charge in [0.05, 0.1) is 25.1 Å². The fourth-order valence-electron chi connectivity index (χ4n) is 1.36. The van der Waals surface area contributed by atoms with Crippen LogP contribution in [0.1, 0.15) is 6.92 Å². The van der Waals surface area contributed by atoms with Crippen LogP contribution >= 0.6 is 0 Å². The van der Waals surface area contributed by atoms with Crippen molar-refractivity contribution in [1.82, 2.24) is 4.98 Å². The number of carbonyl (C=O) groups excluding carboxylic acids is 1. The highest BCUT2D eigenvalue weighted by Crippen LogP contribution is 2.24. The van der Waals surface area contributed by atoms with Gasteiger partial charge in [0.15, 0.2) is 0 Å². The lowest BCUT2D eigenvalue weighted by molar-refractivity contribution is -0.384. The Hall–Kier alpha value is -2.38. The Morgan fingerprint density at radius 2 is 2.21 bits per heavy atom. The first-order valence-corrected chi connectivity index (χ1v) is 5.50. The summed E-state index contributed by atoms with van der Waals surface area (Å²) in [5, 5.41) is 13.6. The molecule has 19 heavy (non-hydrogen) atoms. The largest absolute Gasteiger partial charge is 0.481 e. The Morgan fingerprint density at radius 3 is 2.74 bits per heavy atom. The molecule has 0 aliphatic rings. The van der Waals surface area contributed by atoms with Crippen LogP contribution in [0.25, 0.3) is 0 Å². The standard InChI is InChI=1S/C11H15N3O5/c1-7(11(15)19-3)6-12-10-8(14(16)17)4-5-9(13-10)18-2/h4-5,7H,6H2,1-3H3,(H,12,13)/t7-/m1/s1. The molecule has 0 radical (unpaired) electrons. The molecule has 1 aromatic heterocycles. The molecule has 0 saturated carbocycles. The number of nitro groups is 1. The summed E-state index contributed by atoms with van der Waals surface area (Å²) in [7, 11) is 2.69. The number of methoxy groups -OCH3 is 2. The maximum absolute atomic E-state index is 11.2. The van der Waals surface area contributed by atoms with E-state index in [9.17, 15) is 14.9 Å². The van der Waals surface area contributed by atoms with Crippen molar-refractivity contribution in [2.24, 2.45) is 5.92 Å². The van der Waals surface area contributed by atoms with Crippen molar-refractivity contribution in [3.8, 4) is 5.88 Å². The minimum atomic E-state index is -0.558. The first-order chi connectivity index (χ1) is 8.99. The number of hydrogen-bond acceptors (Lipinski definition) is 7. The molecule has 0 amide bonds. The number of hydrogen-bond donors (Lipinski definition) is 1. The average Bonchev–Trinajstić information content (AvgIpc) is 2.43. The number of pyridine rings is 1. The van der Waals surface area contributed by atoms with Gasteiger partial charge in [0.25, 0.3) is 0 Å². The van der Waals surface area contributed by atoms with Gasteiger partial charge in [-0.15, -0.1) is 0 Å². The Labute approximate surface area is 109 Å². The van der Waals surface area contributed by atoms with E-state index in [-0.39, 0.29) is 23.9 Å². The molecule has 104 valence electrons. The highest BCUT2D eigenvalue weighted by atomic mass is 16.6. The zero-order chi connectivity index (χ0) is 14.4. The fourth-order valence-corrected chi connectivity index (χ4v) is 1.36. The number of aromatic nitrogens is 1. The number of ether oxygens (including phenoxy) is 2. The molecular weight excluding hydrogens is 254 g/mol. The van der Waals surface area contributed by atoms with E-state index in [1.807, 2.05) is 0 Å². The van der Waals surface area contributed by atoms with Crippen LogP contribution in [0.4, 0.5) is 11.5 Å². The Balaban J connectivity index is 2.86. The second-order valence-electron chi connectivity index (χ2n) is 3.78. The van der Waals surface area contributed by atoms with Gasteiger partial charge in [-0.2, -0.15) is 4.98 Å². The van der Waals surface area contributed by atoms with Crippen LogP contribution in [0.5, 0.6) is 5.88 Å². The molecular formula is C11H15N3O5. The summed E-state index contributed by atoms with van der Waals surface area (Å²) < 4.78 is 9.46. The van der Waals surface area contributed by atoms with E-state index in [1.165, 1.54) is 26.4 Å². The Morgan fingerprint density at radius 1 is 1.53 bits per heavy atom. The number of esters is 1. The van der Waals surface area contributed by atoms with E-state index in [0.717, 1.165) is 0 Å². The molecule has 0 spiro atoms. The summed E-state index contributed by atoms with van der Waals surface area (Å²) in [4.78, 5) is 25.5. The predicted octanol–water partition coefficient (Wildman–Crippen LogP) is 1.22. The maximum atomic E-state index is 11.2. The molecule has 1 N–H and O–H groups in total. The third-order valence-corrected chi connectivity index (χ3v) is 2.43. The predicted molar refractivity (Wildman–Crippen MR) is 67.1 cm³/mol. The molecule has 1 heterocycles. The van der Waals surface area contributed by atoms with Gasteiger partial charge in [0.2, 0.25) is 11.7 Å². The minimum absolute atomic E-state index is 0.0557. The fraction of sp³-hybridized carbons (Fsp3) is 0.455. The summed E-state index contributed by atoms with van der Waals surface area (Å²) in [5.74, 6) is -0.547. The Bertz CT molecular complexity index is 477. The summed E-state index contributed by atoms with van der Waals surface area (Å²) in [5.41, 5.74) is -0.183. The number of anilines is 1. The van der Waals surface area contributed by atoms with Gasteiger partial charge in [-0.25, -0.2) is 0 Å².